The predicted octanol–water partition coefficient (Wildman–Crippen LogP) is 3.35. The molecular formula is C15H20ClFN2. The summed E-state index contributed by atoms with van der Waals surface area (Å²) in [6.45, 7) is 1.50. The quantitative estimate of drug-likeness (QED) is 0.867. The van der Waals surface area contributed by atoms with Crippen molar-refractivity contribution in [3.63, 3.8) is 0 Å². The number of nitrogens with zero attached hydrogens (tertiary/aromatic N) is 1. The van der Waals surface area contributed by atoms with Crippen LogP contribution in [0.3, 0.4) is 0 Å². The first kappa shape index (κ1) is 13.3. The monoisotopic (exact) mass is 282 g/mol. The van der Waals surface area contributed by atoms with E-state index >= 15 is 0 Å². The van der Waals surface area contributed by atoms with E-state index in [0.717, 1.165) is 12.5 Å². The van der Waals surface area contributed by atoms with Crippen molar-refractivity contribution in [2.45, 2.75) is 37.8 Å². The average molecular weight is 283 g/mol. The molecule has 0 aliphatic heterocycles. The third-order valence-electron chi connectivity index (χ3n) is 4.15. The first-order valence-electron chi connectivity index (χ1n) is 7.10. The van der Waals surface area contributed by atoms with E-state index in [1.54, 1.807) is 6.07 Å². The molecular weight excluding hydrogens is 263 g/mol. The lowest BCUT2D eigenvalue weighted by atomic mass is 10.0. The minimum Gasteiger partial charge on any atom is -0.329 e. The van der Waals surface area contributed by atoms with Gasteiger partial charge in [-0.3, -0.25) is 4.90 Å². The molecule has 2 aliphatic carbocycles. The summed E-state index contributed by atoms with van der Waals surface area (Å²) in [4.78, 5) is 2.41. The van der Waals surface area contributed by atoms with Gasteiger partial charge in [-0.1, -0.05) is 23.7 Å². The molecule has 104 valence electrons. The zero-order valence-corrected chi connectivity index (χ0v) is 11.7. The van der Waals surface area contributed by atoms with Crippen LogP contribution in [0.25, 0.3) is 0 Å². The van der Waals surface area contributed by atoms with E-state index in [1.807, 2.05) is 12.1 Å². The van der Waals surface area contributed by atoms with Crippen LogP contribution < -0.4 is 5.73 Å². The van der Waals surface area contributed by atoms with Crippen molar-refractivity contribution in [2.24, 2.45) is 11.7 Å². The highest BCUT2D eigenvalue weighted by Gasteiger charge is 2.38. The van der Waals surface area contributed by atoms with E-state index in [2.05, 4.69) is 4.90 Å². The van der Waals surface area contributed by atoms with Gasteiger partial charge in [0.05, 0.1) is 11.1 Å². The molecule has 19 heavy (non-hydrogen) atoms. The van der Waals surface area contributed by atoms with Crippen molar-refractivity contribution in [3.05, 3.63) is 34.6 Å². The van der Waals surface area contributed by atoms with Gasteiger partial charge in [0.2, 0.25) is 0 Å². The lowest BCUT2D eigenvalue weighted by Crippen LogP contribution is -2.37. The number of benzene rings is 1. The summed E-state index contributed by atoms with van der Waals surface area (Å²) in [6.07, 6.45) is 5.04. The molecule has 3 rings (SSSR count). The molecule has 1 atom stereocenters. The lowest BCUT2D eigenvalue weighted by molar-refractivity contribution is 0.179. The van der Waals surface area contributed by atoms with E-state index < -0.39 is 0 Å². The second-order valence-electron chi connectivity index (χ2n) is 5.77. The number of rotatable bonds is 6. The van der Waals surface area contributed by atoms with Gasteiger partial charge in [-0.05, 0) is 37.7 Å². The van der Waals surface area contributed by atoms with Gasteiger partial charge in [-0.2, -0.15) is 0 Å². The molecule has 0 spiro atoms. The van der Waals surface area contributed by atoms with Crippen LogP contribution in [0.1, 0.15) is 37.3 Å². The van der Waals surface area contributed by atoms with Crippen LogP contribution >= 0.6 is 11.6 Å². The maximum atomic E-state index is 14.2. The predicted molar refractivity (Wildman–Crippen MR) is 75.7 cm³/mol. The topological polar surface area (TPSA) is 29.3 Å². The highest BCUT2D eigenvalue weighted by Crippen LogP contribution is 2.40. The summed E-state index contributed by atoms with van der Waals surface area (Å²) >= 11 is 5.90. The van der Waals surface area contributed by atoms with Gasteiger partial charge in [0.1, 0.15) is 5.82 Å². The van der Waals surface area contributed by atoms with E-state index in [4.69, 9.17) is 17.3 Å². The van der Waals surface area contributed by atoms with Gasteiger partial charge < -0.3 is 5.73 Å². The van der Waals surface area contributed by atoms with E-state index in [0.29, 0.717) is 18.2 Å². The minimum atomic E-state index is -0.305. The van der Waals surface area contributed by atoms with Crippen molar-refractivity contribution in [2.75, 3.05) is 13.1 Å². The Kier molecular flexibility index (Phi) is 3.79. The Morgan fingerprint density at radius 1 is 1.32 bits per heavy atom. The fraction of sp³-hybridized carbons (Fsp3) is 0.600. The molecule has 1 aromatic carbocycles. The summed E-state index contributed by atoms with van der Waals surface area (Å²) < 4.78 is 14.2. The Balaban J connectivity index is 1.86. The zero-order chi connectivity index (χ0) is 13.4. The molecule has 2 aliphatic rings. The normalized spacial score (nSPS) is 20.8. The molecule has 0 radical (unpaired) electrons. The highest BCUT2D eigenvalue weighted by molar-refractivity contribution is 6.30. The molecule has 0 bridgehead atoms. The highest BCUT2D eigenvalue weighted by atomic mass is 35.5. The maximum absolute atomic E-state index is 14.2. The van der Waals surface area contributed by atoms with Crippen molar-refractivity contribution in [1.29, 1.82) is 0 Å². The van der Waals surface area contributed by atoms with Crippen LogP contribution in [0, 0.1) is 11.7 Å². The van der Waals surface area contributed by atoms with Crippen LogP contribution in [0.15, 0.2) is 18.2 Å². The lowest BCUT2D eigenvalue weighted by Gasteiger charge is -2.31. The first-order valence-corrected chi connectivity index (χ1v) is 7.48. The van der Waals surface area contributed by atoms with Crippen LogP contribution in [-0.4, -0.2) is 24.0 Å². The standard InChI is InChI=1S/C15H20ClFN2/c16-13-3-1-2-12(15(13)17)14(8-18)19(11-6-7-11)9-10-4-5-10/h1-3,10-11,14H,4-9,18H2. The fourth-order valence-corrected chi connectivity index (χ4v) is 2.94. The third-order valence-corrected chi connectivity index (χ3v) is 4.44. The van der Waals surface area contributed by atoms with Gasteiger partial charge in [-0.15, -0.1) is 0 Å². The zero-order valence-electron chi connectivity index (χ0n) is 11.0. The fourth-order valence-electron chi connectivity index (χ4n) is 2.75. The van der Waals surface area contributed by atoms with Gasteiger partial charge >= 0.3 is 0 Å². The van der Waals surface area contributed by atoms with E-state index in [1.165, 1.54) is 25.7 Å². The summed E-state index contributed by atoms with van der Waals surface area (Å²) in [6, 6.07) is 5.78. The van der Waals surface area contributed by atoms with Crippen LogP contribution in [0.4, 0.5) is 4.39 Å². The Morgan fingerprint density at radius 2 is 2.05 bits per heavy atom. The number of nitrogens with two attached hydrogens (primary N) is 1. The van der Waals surface area contributed by atoms with Gasteiger partial charge in [0, 0.05) is 24.7 Å². The summed E-state index contributed by atoms with van der Waals surface area (Å²) in [5.74, 6) is 0.484. The molecule has 4 heteroatoms. The first-order chi connectivity index (χ1) is 9.20. The molecule has 0 heterocycles. The summed E-state index contributed by atoms with van der Waals surface area (Å²) in [5.41, 5.74) is 6.59. The van der Waals surface area contributed by atoms with Crippen LogP contribution in [0.2, 0.25) is 5.02 Å². The Bertz CT molecular complexity index is 457. The van der Waals surface area contributed by atoms with Gasteiger partial charge in [-0.25, -0.2) is 4.39 Å². The average Bonchev–Trinajstić information content (AvgIpc) is 3.27. The molecule has 1 unspecified atom stereocenters. The number of halogens is 2. The molecule has 2 N–H and O–H groups in total. The smallest absolute Gasteiger partial charge is 0.146 e. The van der Waals surface area contributed by atoms with Crippen molar-refractivity contribution < 1.29 is 4.39 Å². The molecule has 0 saturated heterocycles. The van der Waals surface area contributed by atoms with E-state index in [-0.39, 0.29) is 16.9 Å². The van der Waals surface area contributed by atoms with E-state index in [9.17, 15) is 4.39 Å². The SMILES string of the molecule is NCC(c1cccc(Cl)c1F)N(CC1CC1)C1CC1. The Morgan fingerprint density at radius 3 is 2.63 bits per heavy atom. The number of hydrogen-bond acceptors (Lipinski definition) is 2. The molecule has 0 amide bonds. The number of hydrogen-bond donors (Lipinski definition) is 1. The van der Waals surface area contributed by atoms with Crippen molar-refractivity contribution >= 4 is 11.6 Å². The Labute approximate surface area is 118 Å². The second-order valence-corrected chi connectivity index (χ2v) is 6.17. The molecule has 2 fully saturated rings. The third kappa shape index (κ3) is 2.93. The van der Waals surface area contributed by atoms with Crippen LogP contribution in [0.5, 0.6) is 0 Å². The molecule has 2 saturated carbocycles. The summed E-state index contributed by atoms with van der Waals surface area (Å²) in [5, 5.41) is 0.193. The molecule has 2 nitrogen and oxygen atoms in total. The summed E-state index contributed by atoms with van der Waals surface area (Å²) in [7, 11) is 0. The maximum Gasteiger partial charge on any atom is 0.146 e. The second kappa shape index (κ2) is 5.39. The van der Waals surface area contributed by atoms with Gasteiger partial charge in [0.25, 0.3) is 0 Å². The van der Waals surface area contributed by atoms with Crippen molar-refractivity contribution in [1.82, 2.24) is 4.90 Å². The largest absolute Gasteiger partial charge is 0.329 e. The van der Waals surface area contributed by atoms with Crippen molar-refractivity contribution in [3.8, 4) is 0 Å². The minimum absolute atomic E-state index is 0.0354. The Hall–Kier alpha value is -0.640. The molecule has 0 aromatic heterocycles. The molecule has 1 aromatic rings. The van der Waals surface area contributed by atoms with Gasteiger partial charge in [0.15, 0.2) is 0 Å². The van der Waals surface area contributed by atoms with Crippen LogP contribution in [-0.2, 0) is 0 Å².